The lowest BCUT2D eigenvalue weighted by Crippen LogP contribution is -2.35. The van der Waals surface area contributed by atoms with Gasteiger partial charge in [-0.3, -0.25) is 14.4 Å². The minimum atomic E-state index is -0.348. The molecular weight excluding hydrogens is 306 g/mol. The monoisotopic (exact) mass is 325 g/mol. The second-order valence-electron chi connectivity index (χ2n) is 4.94. The average molecular weight is 325 g/mol. The van der Waals surface area contributed by atoms with Crippen molar-refractivity contribution in [2.24, 2.45) is 0 Å². The summed E-state index contributed by atoms with van der Waals surface area (Å²) in [7, 11) is 0. The third kappa shape index (κ3) is 4.27. The van der Waals surface area contributed by atoms with E-state index in [1.165, 1.54) is 18.3 Å². The second kappa shape index (κ2) is 7.35. The standard InChI is InChI=1S/C14H19N3O4S/c1-3-21-13(20)5-4-12(19)17-7-6-10-11(8-17)22-14(16-10)15-9(2)18/h3-8H2,1-2H3,(H,15,16,18). The number of anilines is 1. The van der Waals surface area contributed by atoms with Gasteiger partial charge in [-0.25, -0.2) is 4.98 Å². The lowest BCUT2D eigenvalue weighted by atomic mass is 10.1. The number of carbonyl (C=O) groups excluding carboxylic acids is 3. The zero-order valence-corrected chi connectivity index (χ0v) is 13.5. The van der Waals surface area contributed by atoms with Crippen molar-refractivity contribution >= 4 is 34.3 Å². The van der Waals surface area contributed by atoms with Gasteiger partial charge in [0, 0.05) is 31.2 Å². The first-order valence-electron chi connectivity index (χ1n) is 7.19. The van der Waals surface area contributed by atoms with E-state index in [-0.39, 0.29) is 30.6 Å². The van der Waals surface area contributed by atoms with E-state index in [9.17, 15) is 14.4 Å². The van der Waals surface area contributed by atoms with Crippen molar-refractivity contribution in [3.8, 4) is 0 Å². The Hall–Kier alpha value is -1.96. The number of nitrogens with one attached hydrogen (secondary N) is 1. The Kier molecular flexibility index (Phi) is 5.48. The molecule has 1 aliphatic rings. The molecule has 0 aliphatic carbocycles. The first-order chi connectivity index (χ1) is 10.5. The van der Waals surface area contributed by atoms with Gasteiger partial charge in [-0.05, 0) is 6.92 Å². The number of hydrogen-bond donors (Lipinski definition) is 1. The van der Waals surface area contributed by atoms with Crippen LogP contribution in [0.3, 0.4) is 0 Å². The third-order valence-corrected chi connectivity index (χ3v) is 4.21. The number of rotatable bonds is 5. The van der Waals surface area contributed by atoms with E-state index in [0.29, 0.717) is 31.2 Å². The third-order valence-electron chi connectivity index (χ3n) is 3.22. The fourth-order valence-electron chi connectivity index (χ4n) is 2.21. The zero-order chi connectivity index (χ0) is 16.1. The quantitative estimate of drug-likeness (QED) is 0.825. The number of esters is 1. The molecule has 0 spiro atoms. The van der Waals surface area contributed by atoms with Crippen LogP contribution in [-0.2, 0) is 32.1 Å². The predicted octanol–water partition coefficient (Wildman–Crippen LogP) is 1.33. The van der Waals surface area contributed by atoms with Gasteiger partial charge in [0.05, 0.1) is 25.3 Å². The summed E-state index contributed by atoms with van der Waals surface area (Å²) in [6, 6.07) is 0. The van der Waals surface area contributed by atoms with Gasteiger partial charge in [-0.15, -0.1) is 0 Å². The van der Waals surface area contributed by atoms with Gasteiger partial charge >= 0.3 is 5.97 Å². The van der Waals surface area contributed by atoms with Crippen molar-refractivity contribution < 1.29 is 19.1 Å². The minimum absolute atomic E-state index is 0.0619. The highest BCUT2D eigenvalue weighted by Gasteiger charge is 2.24. The van der Waals surface area contributed by atoms with Crippen LogP contribution >= 0.6 is 11.3 Å². The van der Waals surface area contributed by atoms with E-state index >= 15 is 0 Å². The molecule has 0 atom stereocenters. The molecule has 2 heterocycles. The van der Waals surface area contributed by atoms with Gasteiger partial charge < -0.3 is 15.0 Å². The molecule has 1 aliphatic heterocycles. The maximum absolute atomic E-state index is 12.1. The van der Waals surface area contributed by atoms with Crippen LogP contribution in [0.4, 0.5) is 5.13 Å². The Bertz CT molecular complexity index is 585. The molecule has 0 unspecified atom stereocenters. The number of fused-ring (bicyclic) bond motifs is 1. The Morgan fingerprint density at radius 1 is 1.36 bits per heavy atom. The van der Waals surface area contributed by atoms with Crippen molar-refractivity contribution in [3.05, 3.63) is 10.6 Å². The number of hydrogen-bond acceptors (Lipinski definition) is 6. The number of amides is 2. The summed E-state index contributed by atoms with van der Waals surface area (Å²) in [5.41, 5.74) is 0.934. The lowest BCUT2D eigenvalue weighted by Gasteiger charge is -2.26. The zero-order valence-electron chi connectivity index (χ0n) is 12.7. The SMILES string of the molecule is CCOC(=O)CCC(=O)N1CCc2nc(NC(C)=O)sc2C1. The smallest absolute Gasteiger partial charge is 0.306 e. The first-order valence-corrected chi connectivity index (χ1v) is 8.00. The molecule has 1 aromatic heterocycles. The van der Waals surface area contributed by atoms with Crippen LogP contribution in [0.2, 0.25) is 0 Å². The molecule has 120 valence electrons. The Labute approximate surface area is 132 Å². The van der Waals surface area contributed by atoms with Gasteiger partial charge in [0.1, 0.15) is 0 Å². The van der Waals surface area contributed by atoms with Crippen molar-refractivity contribution in [1.29, 1.82) is 0 Å². The highest BCUT2D eigenvalue weighted by molar-refractivity contribution is 7.15. The van der Waals surface area contributed by atoms with E-state index in [1.54, 1.807) is 11.8 Å². The van der Waals surface area contributed by atoms with Crippen molar-refractivity contribution in [1.82, 2.24) is 9.88 Å². The molecule has 0 bridgehead atoms. The summed E-state index contributed by atoms with van der Waals surface area (Å²) in [4.78, 5) is 41.5. The fraction of sp³-hybridized carbons (Fsp3) is 0.571. The molecule has 0 saturated heterocycles. The van der Waals surface area contributed by atoms with Crippen molar-refractivity contribution in [2.45, 2.75) is 39.7 Å². The average Bonchev–Trinajstić information content (AvgIpc) is 2.85. The van der Waals surface area contributed by atoms with Crippen LogP contribution in [0, 0.1) is 0 Å². The topological polar surface area (TPSA) is 88.6 Å². The van der Waals surface area contributed by atoms with Gasteiger partial charge in [-0.2, -0.15) is 0 Å². The molecule has 0 fully saturated rings. The summed E-state index contributed by atoms with van der Waals surface area (Å²) >= 11 is 1.39. The number of ether oxygens (including phenoxy) is 1. The van der Waals surface area contributed by atoms with Gasteiger partial charge in [-0.1, -0.05) is 11.3 Å². The Morgan fingerprint density at radius 3 is 2.82 bits per heavy atom. The summed E-state index contributed by atoms with van der Waals surface area (Å²) in [6.07, 6.45) is 0.929. The molecule has 0 saturated carbocycles. The van der Waals surface area contributed by atoms with Gasteiger partial charge in [0.25, 0.3) is 0 Å². The number of aromatic nitrogens is 1. The maximum atomic E-state index is 12.1. The molecule has 2 amide bonds. The first kappa shape index (κ1) is 16.4. The van der Waals surface area contributed by atoms with Crippen LogP contribution in [-0.4, -0.2) is 40.8 Å². The van der Waals surface area contributed by atoms with Crippen LogP contribution in [0.5, 0.6) is 0 Å². The summed E-state index contributed by atoms with van der Waals surface area (Å²) in [5, 5.41) is 3.23. The normalized spacial score (nSPS) is 13.5. The summed E-state index contributed by atoms with van der Waals surface area (Å²) in [6.45, 7) is 4.56. The lowest BCUT2D eigenvalue weighted by molar-refractivity contribution is -0.145. The number of thiazole rings is 1. The van der Waals surface area contributed by atoms with Crippen LogP contribution in [0.25, 0.3) is 0 Å². The molecule has 0 aromatic carbocycles. The van der Waals surface area contributed by atoms with Crippen LogP contribution < -0.4 is 5.32 Å². The van der Waals surface area contributed by atoms with E-state index in [2.05, 4.69) is 10.3 Å². The van der Waals surface area contributed by atoms with Crippen molar-refractivity contribution in [2.75, 3.05) is 18.5 Å². The molecular formula is C14H19N3O4S. The second-order valence-corrected chi connectivity index (χ2v) is 6.02. The Morgan fingerprint density at radius 2 is 2.14 bits per heavy atom. The van der Waals surface area contributed by atoms with E-state index < -0.39 is 0 Å². The molecule has 8 heteroatoms. The minimum Gasteiger partial charge on any atom is -0.466 e. The molecule has 1 aromatic rings. The molecule has 2 rings (SSSR count). The molecule has 22 heavy (non-hydrogen) atoms. The van der Waals surface area contributed by atoms with E-state index in [0.717, 1.165) is 10.6 Å². The summed E-state index contributed by atoms with van der Waals surface area (Å²) in [5.74, 6) is -0.569. The highest BCUT2D eigenvalue weighted by atomic mass is 32.1. The molecule has 0 radical (unpaired) electrons. The molecule has 1 N–H and O–H groups in total. The number of nitrogens with zero attached hydrogens (tertiary/aromatic N) is 2. The van der Waals surface area contributed by atoms with Gasteiger partial charge in [0.2, 0.25) is 11.8 Å². The maximum Gasteiger partial charge on any atom is 0.306 e. The number of carbonyl (C=O) groups is 3. The van der Waals surface area contributed by atoms with Crippen LogP contribution in [0.1, 0.15) is 37.3 Å². The molecule has 7 nitrogen and oxygen atoms in total. The van der Waals surface area contributed by atoms with Gasteiger partial charge in [0.15, 0.2) is 5.13 Å². The predicted molar refractivity (Wildman–Crippen MR) is 81.4 cm³/mol. The fourth-order valence-corrected chi connectivity index (χ4v) is 3.28. The summed E-state index contributed by atoms with van der Waals surface area (Å²) < 4.78 is 4.82. The van der Waals surface area contributed by atoms with E-state index in [4.69, 9.17) is 4.74 Å². The highest BCUT2D eigenvalue weighted by Crippen LogP contribution is 2.28. The van der Waals surface area contributed by atoms with Crippen LogP contribution in [0.15, 0.2) is 0 Å². The largest absolute Gasteiger partial charge is 0.466 e. The van der Waals surface area contributed by atoms with E-state index in [1.807, 2.05) is 0 Å². The van der Waals surface area contributed by atoms with Crippen molar-refractivity contribution in [3.63, 3.8) is 0 Å². The Balaban J connectivity index is 1.91.